The zero-order valence-electron chi connectivity index (χ0n) is 16.4. The van der Waals surface area contributed by atoms with E-state index in [-0.39, 0.29) is 5.91 Å². The van der Waals surface area contributed by atoms with Crippen LogP contribution in [0.25, 0.3) is 5.70 Å². The van der Waals surface area contributed by atoms with Gasteiger partial charge < -0.3 is 4.74 Å². The summed E-state index contributed by atoms with van der Waals surface area (Å²) in [5.74, 6) is 1.32. The van der Waals surface area contributed by atoms with Gasteiger partial charge in [0.1, 0.15) is 11.4 Å². The summed E-state index contributed by atoms with van der Waals surface area (Å²) >= 11 is 1.43. The van der Waals surface area contributed by atoms with Gasteiger partial charge in [-0.05, 0) is 43.2 Å². The highest BCUT2D eigenvalue weighted by Crippen LogP contribution is 2.32. The largest absolute Gasteiger partial charge is 0.494 e. The van der Waals surface area contributed by atoms with E-state index in [0.29, 0.717) is 23.2 Å². The predicted molar refractivity (Wildman–Crippen MR) is 116 cm³/mol. The van der Waals surface area contributed by atoms with Gasteiger partial charge in [0, 0.05) is 11.0 Å². The van der Waals surface area contributed by atoms with Crippen LogP contribution >= 0.6 is 11.8 Å². The van der Waals surface area contributed by atoms with Crippen molar-refractivity contribution in [2.24, 2.45) is 10.1 Å². The predicted octanol–water partition coefficient (Wildman–Crippen LogP) is 2.46. The molecule has 0 spiro atoms. The van der Waals surface area contributed by atoms with Crippen molar-refractivity contribution in [1.82, 2.24) is 10.3 Å². The van der Waals surface area contributed by atoms with Crippen molar-refractivity contribution in [3.05, 3.63) is 76.8 Å². The first-order chi connectivity index (χ1) is 14.1. The van der Waals surface area contributed by atoms with Gasteiger partial charge in [-0.15, -0.1) is 11.7 Å². The molecular weight excluding hydrogens is 384 g/mol. The monoisotopic (exact) mass is 406 g/mol. The van der Waals surface area contributed by atoms with E-state index in [4.69, 9.17) is 14.8 Å². The summed E-state index contributed by atoms with van der Waals surface area (Å²) in [6.07, 6.45) is 1.35. The number of nitrogens with one attached hydrogen (secondary N) is 1. The van der Waals surface area contributed by atoms with Crippen LogP contribution in [0.1, 0.15) is 24.2 Å². The second-order valence-electron chi connectivity index (χ2n) is 6.63. The molecule has 0 fully saturated rings. The molecule has 0 aliphatic carbocycles. The molecule has 1 N–H and O–H groups in total. The van der Waals surface area contributed by atoms with E-state index >= 15 is 0 Å². The van der Waals surface area contributed by atoms with Gasteiger partial charge in [0.2, 0.25) is 0 Å². The van der Waals surface area contributed by atoms with Gasteiger partial charge in [-0.25, -0.2) is 5.01 Å². The SMILES string of the molecule is C=CCSC1=NN2C(=c3ccccc3=NC2c2ccc(OCC)c(C)c2)C(=O)N1. The molecule has 0 saturated heterocycles. The third-order valence-electron chi connectivity index (χ3n) is 4.65. The Morgan fingerprint density at radius 2 is 2.14 bits per heavy atom. The summed E-state index contributed by atoms with van der Waals surface area (Å²) in [5, 5.41) is 11.4. The summed E-state index contributed by atoms with van der Waals surface area (Å²) < 4.78 is 5.67. The summed E-state index contributed by atoms with van der Waals surface area (Å²) in [6.45, 7) is 8.32. The van der Waals surface area contributed by atoms with Crippen molar-refractivity contribution in [3.8, 4) is 5.75 Å². The smallest absolute Gasteiger partial charge is 0.276 e. The van der Waals surface area contributed by atoms with Crippen LogP contribution in [-0.2, 0) is 4.79 Å². The van der Waals surface area contributed by atoms with Gasteiger partial charge in [0.05, 0.1) is 12.0 Å². The maximum absolute atomic E-state index is 13.0. The molecule has 2 aromatic rings. The Hall–Kier alpha value is -3.06. The molecule has 0 saturated carbocycles. The van der Waals surface area contributed by atoms with Crippen molar-refractivity contribution in [1.29, 1.82) is 0 Å². The quantitative estimate of drug-likeness (QED) is 0.775. The number of carbonyl (C=O) groups excluding carboxylic acids is 1. The maximum Gasteiger partial charge on any atom is 0.276 e. The fourth-order valence-corrected chi connectivity index (χ4v) is 3.98. The third-order valence-corrected chi connectivity index (χ3v) is 5.51. The molecule has 0 bridgehead atoms. The molecule has 1 atom stereocenters. The summed E-state index contributed by atoms with van der Waals surface area (Å²) in [7, 11) is 0. The van der Waals surface area contributed by atoms with Crippen LogP contribution in [0.3, 0.4) is 0 Å². The van der Waals surface area contributed by atoms with Crippen molar-refractivity contribution in [2.75, 3.05) is 12.4 Å². The van der Waals surface area contributed by atoms with Crippen molar-refractivity contribution in [2.45, 2.75) is 20.0 Å². The molecule has 6 nitrogen and oxygen atoms in total. The highest BCUT2D eigenvalue weighted by molar-refractivity contribution is 8.14. The highest BCUT2D eigenvalue weighted by atomic mass is 32.2. The highest BCUT2D eigenvalue weighted by Gasteiger charge is 2.34. The molecule has 1 unspecified atom stereocenters. The molecule has 2 aliphatic rings. The lowest BCUT2D eigenvalue weighted by Gasteiger charge is -2.34. The number of para-hydroxylation sites is 1. The standard InChI is InChI=1S/C22H22N4O2S/c1-4-12-29-22-24-21(27)19-16-8-6-7-9-17(16)23-20(26(19)25-22)15-10-11-18(28-5-2)14(3)13-15/h4,6-11,13,20H,1,5,12H2,2-3H3,(H,24,25,27). The minimum atomic E-state index is -0.431. The number of thioether (sulfide) groups is 1. The number of aryl methyl sites for hydroxylation is 1. The van der Waals surface area contributed by atoms with Crippen LogP contribution in [0, 0.1) is 6.92 Å². The minimum absolute atomic E-state index is 0.179. The number of rotatable bonds is 5. The maximum atomic E-state index is 13.0. The molecule has 29 heavy (non-hydrogen) atoms. The number of hydrazone groups is 1. The minimum Gasteiger partial charge on any atom is -0.494 e. The summed E-state index contributed by atoms with van der Waals surface area (Å²) in [5.41, 5.74) is 2.48. The number of fused-ring (bicyclic) bond motifs is 2. The van der Waals surface area contributed by atoms with E-state index in [2.05, 4.69) is 11.9 Å². The molecule has 2 heterocycles. The van der Waals surface area contributed by atoms with E-state index in [1.165, 1.54) is 11.8 Å². The Kier molecular flexibility index (Phi) is 5.40. The van der Waals surface area contributed by atoms with Crippen molar-refractivity contribution in [3.63, 3.8) is 0 Å². The van der Waals surface area contributed by atoms with Crippen LogP contribution in [0.4, 0.5) is 0 Å². The molecule has 0 radical (unpaired) electrons. The zero-order chi connectivity index (χ0) is 20.4. The van der Waals surface area contributed by atoms with Crippen molar-refractivity contribution >= 4 is 28.5 Å². The summed E-state index contributed by atoms with van der Waals surface area (Å²) in [4.78, 5) is 17.9. The molecule has 7 heteroatoms. The van der Waals surface area contributed by atoms with Gasteiger partial charge in [-0.1, -0.05) is 42.1 Å². The molecule has 2 aliphatic heterocycles. The van der Waals surface area contributed by atoms with Gasteiger partial charge in [-0.3, -0.25) is 15.1 Å². The Morgan fingerprint density at radius 3 is 2.90 bits per heavy atom. The van der Waals surface area contributed by atoms with Gasteiger partial charge >= 0.3 is 0 Å². The topological polar surface area (TPSA) is 66.3 Å². The average Bonchev–Trinajstić information content (AvgIpc) is 2.73. The summed E-state index contributed by atoms with van der Waals surface area (Å²) in [6, 6.07) is 13.6. The Labute approximate surface area is 173 Å². The normalized spacial score (nSPS) is 17.5. The third kappa shape index (κ3) is 3.65. The van der Waals surface area contributed by atoms with E-state index in [9.17, 15) is 4.79 Å². The van der Waals surface area contributed by atoms with Crippen LogP contribution in [-0.4, -0.2) is 28.4 Å². The first-order valence-electron chi connectivity index (χ1n) is 9.45. The molecule has 2 aromatic carbocycles. The van der Waals surface area contributed by atoms with Gasteiger partial charge in [0.25, 0.3) is 5.91 Å². The van der Waals surface area contributed by atoms with E-state index in [0.717, 1.165) is 27.5 Å². The first kappa shape index (κ1) is 19.3. The lowest BCUT2D eigenvalue weighted by Crippen LogP contribution is -2.50. The van der Waals surface area contributed by atoms with Crippen LogP contribution in [0.5, 0.6) is 5.75 Å². The Bertz CT molecular complexity index is 1130. The van der Waals surface area contributed by atoms with E-state index in [1.54, 1.807) is 11.1 Å². The van der Waals surface area contributed by atoms with Gasteiger partial charge in [0.15, 0.2) is 11.3 Å². The second-order valence-corrected chi connectivity index (χ2v) is 7.64. The number of nitrogens with zero attached hydrogens (tertiary/aromatic N) is 3. The molecular formula is C22H22N4O2S. The van der Waals surface area contributed by atoms with Crippen LogP contribution in [0.15, 0.2) is 65.2 Å². The Morgan fingerprint density at radius 1 is 1.31 bits per heavy atom. The number of ether oxygens (including phenoxy) is 1. The second kappa shape index (κ2) is 8.13. The first-order valence-corrected chi connectivity index (χ1v) is 10.4. The number of carbonyl (C=O) groups is 1. The number of hydrogen-bond acceptors (Lipinski definition) is 6. The fourth-order valence-electron chi connectivity index (χ4n) is 3.40. The molecule has 0 aromatic heterocycles. The fraction of sp³-hybridized carbons (Fsp3) is 0.227. The number of benzene rings is 2. The van der Waals surface area contributed by atoms with Gasteiger partial charge in [-0.2, -0.15) is 0 Å². The van der Waals surface area contributed by atoms with Crippen molar-refractivity contribution < 1.29 is 9.53 Å². The lowest BCUT2D eigenvalue weighted by molar-refractivity contribution is -0.116. The molecule has 4 rings (SSSR count). The molecule has 1 amide bonds. The van der Waals surface area contributed by atoms with Crippen LogP contribution in [0.2, 0.25) is 0 Å². The van der Waals surface area contributed by atoms with Crippen LogP contribution < -0.4 is 20.6 Å². The van der Waals surface area contributed by atoms with E-state index < -0.39 is 6.17 Å². The molecule has 148 valence electrons. The number of hydrogen-bond donors (Lipinski definition) is 1. The zero-order valence-corrected chi connectivity index (χ0v) is 17.2. The average molecular weight is 407 g/mol. The number of amides is 1. The Balaban J connectivity index is 1.86. The van der Waals surface area contributed by atoms with E-state index in [1.807, 2.05) is 56.3 Å². The number of amidine groups is 1. The lowest BCUT2D eigenvalue weighted by atomic mass is 10.1.